The molecule has 0 aliphatic carbocycles. The quantitative estimate of drug-likeness (QED) is 0.0224. The molecule has 0 saturated carbocycles. The summed E-state index contributed by atoms with van der Waals surface area (Å²) in [6.07, 6.45) is 33.7. The Bertz CT molecular complexity index is 1380. The predicted molar refractivity (Wildman–Crippen MR) is 224 cm³/mol. The van der Waals surface area contributed by atoms with Gasteiger partial charge in [0.1, 0.15) is 36.8 Å². The van der Waals surface area contributed by atoms with E-state index in [4.69, 9.17) is 18.9 Å². The minimum atomic E-state index is -4.62. The second-order valence-electron chi connectivity index (χ2n) is 14.1. The lowest BCUT2D eigenvalue weighted by Gasteiger charge is -2.40. The van der Waals surface area contributed by atoms with Crippen molar-refractivity contribution in [2.75, 3.05) is 19.0 Å². The topological polar surface area (TPSA) is 186 Å². The summed E-state index contributed by atoms with van der Waals surface area (Å²) in [6.45, 7) is 3.49. The van der Waals surface area contributed by atoms with Crippen molar-refractivity contribution in [3.05, 3.63) is 85.1 Å². The Morgan fingerprint density at radius 2 is 1.12 bits per heavy atom. The summed E-state index contributed by atoms with van der Waals surface area (Å²) >= 11 is 0. The van der Waals surface area contributed by atoms with E-state index in [9.17, 15) is 37.9 Å². The van der Waals surface area contributed by atoms with Gasteiger partial charge in [-0.05, 0) is 51.4 Å². The van der Waals surface area contributed by atoms with Gasteiger partial charge in [0, 0.05) is 12.8 Å². The van der Waals surface area contributed by atoms with E-state index in [-0.39, 0.29) is 19.4 Å². The van der Waals surface area contributed by atoms with E-state index in [0.29, 0.717) is 19.3 Å². The lowest BCUT2D eigenvalue weighted by atomic mass is 10.00. The van der Waals surface area contributed by atoms with Crippen molar-refractivity contribution in [2.45, 2.75) is 160 Å². The monoisotopic (exact) mass is 822 g/mol. The number of aliphatic hydroxyl groups is 3. The lowest BCUT2D eigenvalue weighted by molar-refractivity contribution is -0.297. The minimum Gasteiger partial charge on any atom is -0.462 e. The van der Waals surface area contributed by atoms with Crippen LogP contribution in [-0.2, 0) is 38.7 Å². The summed E-state index contributed by atoms with van der Waals surface area (Å²) in [5.41, 5.74) is 0. The number of carbonyl (C=O) groups is 2. The molecule has 0 aromatic rings. The summed E-state index contributed by atoms with van der Waals surface area (Å²) in [5, 5.41) is 30.8. The molecule has 1 fully saturated rings. The third-order valence-corrected chi connectivity index (χ3v) is 9.61. The van der Waals surface area contributed by atoms with Crippen LogP contribution in [0.4, 0.5) is 0 Å². The van der Waals surface area contributed by atoms with E-state index in [1.54, 1.807) is 0 Å². The molecular weight excluding hydrogens is 753 g/mol. The van der Waals surface area contributed by atoms with Crippen LogP contribution in [0.3, 0.4) is 0 Å². The smallest absolute Gasteiger partial charge is 0.306 e. The molecule has 1 aliphatic rings. The molecule has 13 heteroatoms. The molecule has 0 aromatic carbocycles. The third kappa shape index (κ3) is 28.8. The van der Waals surface area contributed by atoms with Crippen molar-refractivity contribution in [2.24, 2.45) is 0 Å². The van der Waals surface area contributed by atoms with Crippen LogP contribution in [0, 0.1) is 0 Å². The number of unbranched alkanes of at least 4 members (excludes halogenated alkanes) is 11. The molecule has 324 valence electrons. The van der Waals surface area contributed by atoms with Gasteiger partial charge in [-0.3, -0.25) is 14.1 Å². The van der Waals surface area contributed by atoms with E-state index in [1.807, 2.05) is 54.7 Å². The maximum Gasteiger partial charge on any atom is 0.306 e. The second kappa shape index (κ2) is 33.8. The van der Waals surface area contributed by atoms with Gasteiger partial charge in [0.15, 0.2) is 12.4 Å². The lowest BCUT2D eigenvalue weighted by Crippen LogP contribution is -2.60. The number of allylic oxidation sites excluding steroid dienone is 14. The van der Waals surface area contributed by atoms with Crippen molar-refractivity contribution in [1.82, 2.24) is 0 Å². The average Bonchev–Trinajstić information content (AvgIpc) is 3.17. The molecule has 6 atom stereocenters. The molecule has 0 radical (unpaired) electrons. The van der Waals surface area contributed by atoms with Crippen LogP contribution in [0.25, 0.3) is 0 Å². The van der Waals surface area contributed by atoms with Gasteiger partial charge >= 0.3 is 11.9 Å². The number of hydrogen-bond acceptors (Lipinski definition) is 11. The van der Waals surface area contributed by atoms with Crippen LogP contribution < -0.4 is 0 Å². The first-order valence-corrected chi connectivity index (χ1v) is 22.3. The molecule has 0 amide bonds. The molecule has 0 bridgehead atoms. The Kier molecular flexibility index (Phi) is 30.7. The first-order valence-electron chi connectivity index (χ1n) is 20.7. The molecule has 1 aliphatic heterocycles. The van der Waals surface area contributed by atoms with E-state index >= 15 is 0 Å². The van der Waals surface area contributed by atoms with Crippen molar-refractivity contribution in [3.8, 4) is 0 Å². The molecule has 3 unspecified atom stereocenters. The summed E-state index contributed by atoms with van der Waals surface area (Å²) in [5.74, 6) is -2.13. The number of ether oxygens (including phenoxy) is 4. The Hall–Kier alpha value is -3.17. The second-order valence-corrected chi connectivity index (χ2v) is 15.6. The third-order valence-electron chi connectivity index (χ3n) is 8.86. The summed E-state index contributed by atoms with van der Waals surface area (Å²) in [6, 6.07) is 0. The van der Waals surface area contributed by atoms with Gasteiger partial charge in [0.25, 0.3) is 10.1 Å². The fourth-order valence-corrected chi connectivity index (χ4v) is 6.33. The van der Waals surface area contributed by atoms with Gasteiger partial charge < -0.3 is 34.3 Å². The van der Waals surface area contributed by atoms with Crippen molar-refractivity contribution in [1.29, 1.82) is 0 Å². The molecule has 0 aromatic heterocycles. The Morgan fingerprint density at radius 1 is 0.614 bits per heavy atom. The summed E-state index contributed by atoms with van der Waals surface area (Å²) < 4.78 is 53.8. The Labute approximate surface area is 341 Å². The van der Waals surface area contributed by atoms with Gasteiger partial charge in [-0.15, -0.1) is 0 Å². The Morgan fingerprint density at radius 3 is 1.72 bits per heavy atom. The number of carbonyl (C=O) groups excluding carboxylic acids is 2. The highest BCUT2D eigenvalue weighted by molar-refractivity contribution is 7.85. The van der Waals surface area contributed by atoms with Gasteiger partial charge in [0.2, 0.25) is 0 Å². The molecule has 0 spiro atoms. The molecule has 4 N–H and O–H groups in total. The Balaban J connectivity index is 2.57. The van der Waals surface area contributed by atoms with Gasteiger partial charge in [0.05, 0.1) is 6.61 Å². The van der Waals surface area contributed by atoms with Crippen LogP contribution in [0.1, 0.15) is 123 Å². The van der Waals surface area contributed by atoms with Crippen LogP contribution in [-0.4, -0.2) is 96.0 Å². The van der Waals surface area contributed by atoms with Crippen molar-refractivity contribution >= 4 is 22.1 Å². The van der Waals surface area contributed by atoms with E-state index in [1.165, 1.54) is 44.9 Å². The molecule has 12 nitrogen and oxygen atoms in total. The number of rotatable bonds is 32. The van der Waals surface area contributed by atoms with Crippen molar-refractivity contribution < 1.29 is 56.8 Å². The number of aliphatic hydroxyl groups excluding tert-OH is 3. The van der Waals surface area contributed by atoms with Crippen LogP contribution in [0.2, 0.25) is 0 Å². The summed E-state index contributed by atoms with van der Waals surface area (Å²) in [7, 11) is -4.62. The maximum absolute atomic E-state index is 12.7. The largest absolute Gasteiger partial charge is 0.462 e. The highest BCUT2D eigenvalue weighted by Gasteiger charge is 2.46. The van der Waals surface area contributed by atoms with Gasteiger partial charge in [-0.1, -0.05) is 144 Å². The normalized spacial score (nSPS) is 21.4. The zero-order valence-electron chi connectivity index (χ0n) is 34.2. The standard InChI is InChI=1S/C44H70O12S/c1-3-5-7-9-11-13-15-17-18-19-21-22-24-26-28-30-32-39(45)53-34-37(35-54-44-43(49)42(48)41(47)38(56-44)36-57(50,51)52)55-40(46)33-31-29-27-25-23-20-16-14-12-10-8-6-4-2/h6,8,10,12,14,16,18-23,25,27,37-38,41-44,47-49H,3-5,7,9,11,13,15,17,24,26,28-36H2,1-2H3,(H,50,51,52)/b8-6+,12-10+,16-14+,19-18+,22-21+,23-20+,27-25+/t37?,38-,41-,42?,43?,44+/m1/s1. The van der Waals surface area contributed by atoms with Gasteiger partial charge in [-0.2, -0.15) is 8.42 Å². The maximum atomic E-state index is 12.7. The summed E-state index contributed by atoms with van der Waals surface area (Å²) in [4.78, 5) is 25.3. The highest BCUT2D eigenvalue weighted by Crippen LogP contribution is 2.24. The SMILES string of the molecule is CC/C=C/C=C/C=C/C=C/C=C/CCCC(=O)OC(COC(=O)CCCCC/C=C/C=C/CCCCCCCCC)CO[C@H]1O[C@H](CS(=O)(=O)O)[C@@H](O)C(O)C1O. The zero-order valence-corrected chi connectivity index (χ0v) is 35.0. The number of hydrogen-bond donors (Lipinski definition) is 4. The first kappa shape index (κ1) is 51.8. The predicted octanol–water partition coefficient (Wildman–Crippen LogP) is 7.72. The molecule has 1 heterocycles. The molecule has 57 heavy (non-hydrogen) atoms. The van der Waals surface area contributed by atoms with Crippen LogP contribution >= 0.6 is 0 Å². The zero-order chi connectivity index (χ0) is 42.0. The van der Waals surface area contributed by atoms with Crippen LogP contribution in [0.5, 0.6) is 0 Å². The molecule has 1 saturated heterocycles. The van der Waals surface area contributed by atoms with E-state index in [0.717, 1.165) is 32.1 Å². The van der Waals surface area contributed by atoms with Crippen LogP contribution in [0.15, 0.2) is 85.1 Å². The molecular formula is C44H70O12S. The van der Waals surface area contributed by atoms with E-state index < -0.39 is 71.2 Å². The minimum absolute atomic E-state index is 0.0573. The fourth-order valence-electron chi connectivity index (χ4n) is 5.64. The highest BCUT2D eigenvalue weighted by atomic mass is 32.2. The average molecular weight is 823 g/mol. The molecule has 1 rings (SSSR count). The number of esters is 2. The fraction of sp³-hybridized carbons (Fsp3) is 0.636. The van der Waals surface area contributed by atoms with E-state index in [2.05, 4.69) is 44.2 Å². The first-order chi connectivity index (χ1) is 27.5. The van der Waals surface area contributed by atoms with Gasteiger partial charge in [-0.25, -0.2) is 0 Å². The van der Waals surface area contributed by atoms with Crippen molar-refractivity contribution in [3.63, 3.8) is 0 Å².